The highest BCUT2D eigenvalue weighted by atomic mass is 16.2. The zero-order chi connectivity index (χ0) is 21.3. The van der Waals surface area contributed by atoms with E-state index in [2.05, 4.69) is 22.1 Å². The average molecular weight is 411 g/mol. The summed E-state index contributed by atoms with van der Waals surface area (Å²) >= 11 is 0. The molecule has 2 aliphatic rings. The van der Waals surface area contributed by atoms with Crippen molar-refractivity contribution in [3.05, 3.63) is 35.9 Å². The fourth-order valence-corrected chi connectivity index (χ4v) is 4.56. The van der Waals surface area contributed by atoms with Gasteiger partial charge >= 0.3 is 0 Å². The molecule has 2 aliphatic heterocycles. The van der Waals surface area contributed by atoms with E-state index in [4.69, 9.17) is 10.7 Å². The van der Waals surface area contributed by atoms with Crippen LogP contribution in [0.4, 0.5) is 0 Å². The van der Waals surface area contributed by atoms with Crippen molar-refractivity contribution in [3.63, 3.8) is 0 Å². The first kappa shape index (κ1) is 20.5. The molecule has 2 amide bonds. The maximum absolute atomic E-state index is 12.7. The quantitative estimate of drug-likeness (QED) is 0.801. The van der Waals surface area contributed by atoms with Crippen molar-refractivity contribution in [1.29, 1.82) is 0 Å². The minimum absolute atomic E-state index is 0.0911. The molecule has 0 unspecified atom stereocenters. The van der Waals surface area contributed by atoms with Crippen molar-refractivity contribution in [1.82, 2.24) is 24.6 Å². The van der Waals surface area contributed by atoms with Gasteiger partial charge in [0.2, 0.25) is 11.8 Å². The lowest BCUT2D eigenvalue weighted by Gasteiger charge is -2.31. The molecule has 0 aliphatic carbocycles. The predicted octanol–water partition coefficient (Wildman–Crippen LogP) is 1.30. The van der Waals surface area contributed by atoms with Gasteiger partial charge in [0.25, 0.3) is 0 Å². The van der Waals surface area contributed by atoms with E-state index in [1.807, 2.05) is 31.3 Å². The Labute approximate surface area is 177 Å². The normalized spacial score (nSPS) is 20.6. The van der Waals surface area contributed by atoms with Gasteiger partial charge in [-0.3, -0.25) is 24.2 Å². The lowest BCUT2D eigenvalue weighted by atomic mass is 9.96. The lowest BCUT2D eigenvalue weighted by Crippen LogP contribution is -2.45. The molecule has 2 aromatic heterocycles. The van der Waals surface area contributed by atoms with E-state index < -0.39 is 0 Å². The number of hydrogen-bond acceptors (Lipinski definition) is 5. The molecule has 8 nitrogen and oxygen atoms in total. The first-order valence-electron chi connectivity index (χ1n) is 10.7. The van der Waals surface area contributed by atoms with Gasteiger partial charge in [-0.1, -0.05) is 0 Å². The van der Waals surface area contributed by atoms with E-state index in [-0.39, 0.29) is 17.7 Å². The van der Waals surface area contributed by atoms with E-state index >= 15 is 0 Å². The van der Waals surface area contributed by atoms with Crippen LogP contribution in [0.3, 0.4) is 0 Å². The number of aryl methyl sites for hydroxylation is 2. The zero-order valence-electron chi connectivity index (χ0n) is 17.8. The Morgan fingerprint density at radius 3 is 2.57 bits per heavy atom. The number of amides is 2. The lowest BCUT2D eigenvalue weighted by molar-refractivity contribution is -0.135. The third-order valence-electron chi connectivity index (χ3n) is 6.31. The summed E-state index contributed by atoms with van der Waals surface area (Å²) in [5, 5.41) is 4.27. The largest absolute Gasteiger partial charge is 0.369 e. The highest BCUT2D eigenvalue weighted by Gasteiger charge is 2.30. The van der Waals surface area contributed by atoms with Gasteiger partial charge in [-0.05, 0) is 50.4 Å². The van der Waals surface area contributed by atoms with Crippen LogP contribution in [0.15, 0.2) is 24.5 Å². The third kappa shape index (κ3) is 4.53. The smallest absolute Gasteiger partial charge is 0.236 e. The van der Waals surface area contributed by atoms with E-state index in [1.165, 1.54) is 0 Å². The minimum Gasteiger partial charge on any atom is -0.369 e. The molecule has 30 heavy (non-hydrogen) atoms. The Morgan fingerprint density at radius 1 is 1.13 bits per heavy atom. The van der Waals surface area contributed by atoms with Gasteiger partial charge < -0.3 is 10.6 Å². The SMILES string of the molecule is Cc1cc(-c2cnn(C)c2)cc([C@H]2CCN(CC(=O)N3CCC(C(N)=O)CC3)C2)n1. The van der Waals surface area contributed by atoms with Crippen molar-refractivity contribution >= 4 is 11.8 Å². The molecule has 0 saturated carbocycles. The van der Waals surface area contributed by atoms with Gasteiger partial charge in [-0.2, -0.15) is 5.10 Å². The van der Waals surface area contributed by atoms with Crippen LogP contribution in [0.2, 0.25) is 0 Å². The molecule has 4 rings (SSSR count). The van der Waals surface area contributed by atoms with Crippen LogP contribution < -0.4 is 5.73 Å². The van der Waals surface area contributed by atoms with Crippen molar-refractivity contribution in [3.8, 4) is 11.1 Å². The molecule has 0 spiro atoms. The van der Waals surface area contributed by atoms with Crippen LogP contribution >= 0.6 is 0 Å². The van der Waals surface area contributed by atoms with Crippen molar-refractivity contribution in [2.75, 3.05) is 32.7 Å². The summed E-state index contributed by atoms with van der Waals surface area (Å²) in [6.07, 6.45) is 6.24. The summed E-state index contributed by atoms with van der Waals surface area (Å²) in [5.74, 6) is 0.132. The van der Waals surface area contributed by atoms with Crippen LogP contribution in [-0.4, -0.2) is 69.1 Å². The van der Waals surface area contributed by atoms with E-state index in [9.17, 15) is 9.59 Å². The van der Waals surface area contributed by atoms with Crippen molar-refractivity contribution < 1.29 is 9.59 Å². The van der Waals surface area contributed by atoms with Crippen LogP contribution in [0, 0.1) is 12.8 Å². The summed E-state index contributed by atoms with van der Waals surface area (Å²) < 4.78 is 1.81. The topological polar surface area (TPSA) is 97.4 Å². The number of hydrogen-bond donors (Lipinski definition) is 1. The molecule has 0 bridgehead atoms. The van der Waals surface area contributed by atoms with Gasteiger partial charge in [0.15, 0.2) is 0 Å². The van der Waals surface area contributed by atoms with Crippen LogP contribution in [0.5, 0.6) is 0 Å². The predicted molar refractivity (Wildman–Crippen MR) is 113 cm³/mol. The summed E-state index contributed by atoms with van der Waals surface area (Å²) in [4.78, 5) is 32.9. The number of carbonyl (C=O) groups excluding carboxylic acids is 2. The first-order chi connectivity index (χ1) is 14.4. The number of nitrogens with two attached hydrogens (primary N) is 1. The molecule has 0 radical (unpaired) electrons. The Morgan fingerprint density at radius 2 is 1.90 bits per heavy atom. The van der Waals surface area contributed by atoms with Crippen molar-refractivity contribution in [2.45, 2.75) is 32.1 Å². The number of rotatable bonds is 5. The Kier molecular flexibility index (Phi) is 5.85. The maximum Gasteiger partial charge on any atom is 0.236 e. The Hall–Kier alpha value is -2.74. The van der Waals surface area contributed by atoms with E-state index in [1.54, 1.807) is 4.68 Å². The Bertz CT molecular complexity index is 931. The highest BCUT2D eigenvalue weighted by Crippen LogP contribution is 2.30. The van der Waals surface area contributed by atoms with Gasteiger partial charge in [0.05, 0.1) is 12.7 Å². The first-order valence-corrected chi connectivity index (χ1v) is 10.7. The van der Waals surface area contributed by atoms with Crippen LogP contribution in [-0.2, 0) is 16.6 Å². The molecular formula is C22H30N6O2. The summed E-state index contributed by atoms with van der Waals surface area (Å²) in [5.41, 5.74) is 9.70. The molecule has 160 valence electrons. The number of pyridine rings is 1. The fraction of sp³-hybridized carbons (Fsp3) is 0.545. The van der Waals surface area contributed by atoms with Gasteiger partial charge in [0, 0.05) is 61.7 Å². The van der Waals surface area contributed by atoms with Gasteiger partial charge in [-0.25, -0.2) is 0 Å². The second-order valence-electron chi connectivity index (χ2n) is 8.60. The number of aromatic nitrogens is 3. The molecule has 4 heterocycles. The second kappa shape index (κ2) is 8.55. The minimum atomic E-state index is -0.249. The third-order valence-corrected chi connectivity index (χ3v) is 6.31. The second-order valence-corrected chi connectivity index (χ2v) is 8.60. The molecule has 8 heteroatoms. The number of piperidine rings is 1. The molecular weight excluding hydrogens is 380 g/mol. The van der Waals surface area contributed by atoms with E-state index in [0.717, 1.165) is 42.0 Å². The number of likely N-dealkylation sites (tertiary alicyclic amines) is 2. The molecule has 1 atom stereocenters. The maximum atomic E-state index is 12.7. The molecule has 2 saturated heterocycles. The highest BCUT2D eigenvalue weighted by molar-refractivity contribution is 5.80. The average Bonchev–Trinajstić information content (AvgIpc) is 3.37. The number of primary amides is 1. The molecule has 0 aromatic carbocycles. The molecule has 2 fully saturated rings. The molecule has 2 N–H and O–H groups in total. The Balaban J connectivity index is 1.36. The zero-order valence-corrected chi connectivity index (χ0v) is 17.8. The monoisotopic (exact) mass is 410 g/mol. The van der Waals surface area contributed by atoms with Gasteiger partial charge in [-0.15, -0.1) is 0 Å². The number of carbonyl (C=O) groups is 2. The van der Waals surface area contributed by atoms with Gasteiger partial charge in [0.1, 0.15) is 0 Å². The fourth-order valence-electron chi connectivity index (χ4n) is 4.56. The van der Waals surface area contributed by atoms with Crippen molar-refractivity contribution in [2.24, 2.45) is 18.7 Å². The number of nitrogens with zero attached hydrogens (tertiary/aromatic N) is 5. The standard InChI is InChI=1S/C22H30N6O2/c1-15-9-18(19-11-24-26(2)12-19)10-20(25-15)17-3-6-27(13-17)14-21(29)28-7-4-16(5-8-28)22(23)30/h9-12,16-17H,3-8,13-14H2,1-2H3,(H2,23,30)/t17-/m0/s1. The summed E-state index contributed by atoms with van der Waals surface area (Å²) in [6.45, 7) is 5.43. The van der Waals surface area contributed by atoms with Crippen LogP contribution in [0.25, 0.3) is 11.1 Å². The van der Waals surface area contributed by atoms with Crippen LogP contribution in [0.1, 0.15) is 36.6 Å². The molecule has 2 aromatic rings. The van der Waals surface area contributed by atoms with E-state index in [0.29, 0.717) is 38.4 Å². The summed E-state index contributed by atoms with van der Waals surface area (Å²) in [7, 11) is 1.92. The summed E-state index contributed by atoms with van der Waals surface area (Å²) in [6, 6.07) is 4.25.